The van der Waals surface area contributed by atoms with Crippen molar-refractivity contribution >= 4 is 27.8 Å². The average molecular weight is 355 g/mol. The van der Waals surface area contributed by atoms with E-state index in [0.29, 0.717) is 0 Å². The first-order valence-corrected chi connectivity index (χ1v) is 7.76. The van der Waals surface area contributed by atoms with E-state index in [-0.39, 0.29) is 17.4 Å². The molecule has 2 N–H and O–H groups in total. The van der Waals surface area contributed by atoms with Gasteiger partial charge in [-0.2, -0.15) is 0 Å². The molecule has 0 atom stereocenters. The van der Waals surface area contributed by atoms with Crippen molar-refractivity contribution in [1.82, 2.24) is 10.2 Å². The molecule has 1 saturated heterocycles. The Hall–Kier alpha value is -1.40. The van der Waals surface area contributed by atoms with Crippen LogP contribution in [0.15, 0.2) is 22.7 Å². The van der Waals surface area contributed by atoms with E-state index in [9.17, 15) is 9.59 Å². The Morgan fingerprint density at radius 3 is 2.57 bits per heavy atom. The monoisotopic (exact) mass is 354 g/mol. The molecule has 6 heteroatoms. The molecule has 0 aliphatic carbocycles. The summed E-state index contributed by atoms with van der Waals surface area (Å²) >= 11 is 3.43. The summed E-state index contributed by atoms with van der Waals surface area (Å²) in [6.45, 7) is 2.53. The molecule has 0 saturated carbocycles. The van der Waals surface area contributed by atoms with Crippen molar-refractivity contribution in [3.05, 3.63) is 33.8 Å². The molecule has 0 unspecified atom stereocenters. The number of benzene rings is 1. The predicted octanol–water partition coefficient (Wildman–Crippen LogP) is 2.11. The highest BCUT2D eigenvalue weighted by Crippen LogP contribution is 2.24. The smallest absolute Gasteiger partial charge is 0.335 e. The SMILES string of the molecule is CNC(=O)C1CCN(Cc2ccc(C(=O)O)cc2Br)CC1. The Labute approximate surface area is 132 Å². The Bertz CT molecular complexity index is 540. The molecule has 0 bridgehead atoms. The van der Waals surface area contributed by atoms with Gasteiger partial charge in [0.1, 0.15) is 0 Å². The van der Waals surface area contributed by atoms with Crippen LogP contribution in [-0.2, 0) is 11.3 Å². The normalized spacial score (nSPS) is 16.7. The maximum atomic E-state index is 11.6. The molecular formula is C15H19BrN2O3. The maximum absolute atomic E-state index is 11.6. The number of halogens is 1. The molecule has 1 aromatic rings. The number of rotatable bonds is 4. The Morgan fingerprint density at radius 2 is 2.05 bits per heavy atom. The molecule has 1 aromatic carbocycles. The van der Waals surface area contributed by atoms with Crippen molar-refractivity contribution in [3.8, 4) is 0 Å². The summed E-state index contributed by atoms with van der Waals surface area (Å²) in [5.74, 6) is -0.681. The number of carboxylic acid groups (broad SMARTS) is 1. The van der Waals surface area contributed by atoms with Gasteiger partial charge < -0.3 is 10.4 Å². The van der Waals surface area contributed by atoms with E-state index in [1.807, 2.05) is 6.07 Å². The number of amides is 1. The number of likely N-dealkylation sites (tertiary alicyclic amines) is 1. The molecule has 1 aliphatic heterocycles. The van der Waals surface area contributed by atoms with Gasteiger partial charge in [-0.05, 0) is 43.6 Å². The number of hydrogen-bond acceptors (Lipinski definition) is 3. The molecule has 21 heavy (non-hydrogen) atoms. The zero-order chi connectivity index (χ0) is 15.4. The van der Waals surface area contributed by atoms with Crippen LogP contribution in [0.3, 0.4) is 0 Å². The van der Waals surface area contributed by atoms with Gasteiger partial charge in [-0.3, -0.25) is 9.69 Å². The van der Waals surface area contributed by atoms with Crippen LogP contribution >= 0.6 is 15.9 Å². The molecule has 1 heterocycles. The number of carbonyl (C=O) groups is 2. The first kappa shape index (κ1) is 16.0. The number of carboxylic acids is 1. The van der Waals surface area contributed by atoms with Crippen molar-refractivity contribution in [1.29, 1.82) is 0 Å². The number of piperidine rings is 1. The second-order valence-corrected chi connectivity index (χ2v) is 6.13. The van der Waals surface area contributed by atoms with E-state index >= 15 is 0 Å². The van der Waals surface area contributed by atoms with Gasteiger partial charge in [0.25, 0.3) is 0 Å². The molecule has 0 radical (unpaired) electrons. The molecule has 2 rings (SSSR count). The van der Waals surface area contributed by atoms with E-state index < -0.39 is 5.97 Å². The third-order valence-corrected chi connectivity index (χ3v) is 4.64. The van der Waals surface area contributed by atoms with Crippen molar-refractivity contribution in [2.75, 3.05) is 20.1 Å². The van der Waals surface area contributed by atoms with Gasteiger partial charge in [0, 0.05) is 24.0 Å². The minimum Gasteiger partial charge on any atom is -0.478 e. The van der Waals surface area contributed by atoms with Crippen LogP contribution in [0.4, 0.5) is 0 Å². The van der Waals surface area contributed by atoms with Crippen molar-refractivity contribution in [2.24, 2.45) is 5.92 Å². The predicted molar refractivity (Wildman–Crippen MR) is 83.2 cm³/mol. The Balaban J connectivity index is 1.95. The highest BCUT2D eigenvalue weighted by atomic mass is 79.9. The number of nitrogens with one attached hydrogen (secondary N) is 1. The Kier molecular flexibility index (Phi) is 5.36. The molecule has 0 spiro atoms. The number of carbonyl (C=O) groups excluding carboxylic acids is 1. The highest BCUT2D eigenvalue weighted by Gasteiger charge is 2.24. The van der Waals surface area contributed by atoms with E-state index in [2.05, 4.69) is 26.1 Å². The number of aromatic carboxylic acids is 1. The van der Waals surface area contributed by atoms with Crippen LogP contribution in [0.25, 0.3) is 0 Å². The third kappa shape index (κ3) is 4.04. The molecule has 1 aliphatic rings. The average Bonchev–Trinajstić information content (AvgIpc) is 2.49. The van der Waals surface area contributed by atoms with Crippen LogP contribution < -0.4 is 5.32 Å². The van der Waals surface area contributed by atoms with E-state index in [0.717, 1.165) is 42.5 Å². The summed E-state index contributed by atoms with van der Waals surface area (Å²) in [6.07, 6.45) is 1.73. The van der Waals surface area contributed by atoms with Gasteiger partial charge in [-0.1, -0.05) is 22.0 Å². The highest BCUT2D eigenvalue weighted by molar-refractivity contribution is 9.10. The van der Waals surface area contributed by atoms with Gasteiger partial charge in [-0.25, -0.2) is 4.79 Å². The molecule has 1 fully saturated rings. The van der Waals surface area contributed by atoms with Crippen LogP contribution in [0.1, 0.15) is 28.8 Å². The molecular weight excluding hydrogens is 336 g/mol. The van der Waals surface area contributed by atoms with Crippen LogP contribution in [0.2, 0.25) is 0 Å². The fourth-order valence-electron chi connectivity index (χ4n) is 2.61. The fourth-order valence-corrected chi connectivity index (χ4v) is 3.11. The topological polar surface area (TPSA) is 69.6 Å². The van der Waals surface area contributed by atoms with E-state index in [1.54, 1.807) is 19.2 Å². The first-order valence-electron chi connectivity index (χ1n) is 6.97. The van der Waals surface area contributed by atoms with Gasteiger partial charge in [0.05, 0.1) is 5.56 Å². The van der Waals surface area contributed by atoms with Crippen molar-refractivity contribution in [2.45, 2.75) is 19.4 Å². The second kappa shape index (κ2) is 7.04. The summed E-state index contributed by atoms with van der Waals surface area (Å²) in [5.41, 5.74) is 1.35. The molecule has 1 amide bonds. The molecule has 114 valence electrons. The largest absolute Gasteiger partial charge is 0.478 e. The second-order valence-electron chi connectivity index (χ2n) is 5.28. The van der Waals surface area contributed by atoms with Gasteiger partial charge in [0.2, 0.25) is 5.91 Å². The van der Waals surface area contributed by atoms with Gasteiger partial charge in [0.15, 0.2) is 0 Å². The number of hydrogen-bond donors (Lipinski definition) is 2. The van der Waals surface area contributed by atoms with Crippen LogP contribution in [-0.4, -0.2) is 42.0 Å². The first-order chi connectivity index (χ1) is 10.0. The summed E-state index contributed by atoms with van der Waals surface area (Å²) in [7, 11) is 1.68. The summed E-state index contributed by atoms with van der Waals surface area (Å²) < 4.78 is 0.816. The van der Waals surface area contributed by atoms with Gasteiger partial charge >= 0.3 is 5.97 Å². The number of nitrogens with zero attached hydrogens (tertiary/aromatic N) is 1. The third-order valence-electron chi connectivity index (χ3n) is 3.90. The lowest BCUT2D eigenvalue weighted by Crippen LogP contribution is -2.39. The molecule has 0 aromatic heterocycles. The fraction of sp³-hybridized carbons (Fsp3) is 0.467. The van der Waals surface area contributed by atoms with E-state index in [4.69, 9.17) is 5.11 Å². The standard InChI is InChI=1S/C15H19BrN2O3/c1-17-14(19)10-4-6-18(7-5-10)9-12-3-2-11(15(20)21)8-13(12)16/h2-3,8,10H,4-7,9H2,1H3,(H,17,19)(H,20,21). The minimum atomic E-state index is -0.923. The summed E-state index contributed by atoms with van der Waals surface area (Å²) in [6, 6.07) is 5.10. The Morgan fingerprint density at radius 1 is 1.38 bits per heavy atom. The van der Waals surface area contributed by atoms with Crippen molar-refractivity contribution in [3.63, 3.8) is 0 Å². The lowest BCUT2D eigenvalue weighted by atomic mass is 9.95. The maximum Gasteiger partial charge on any atom is 0.335 e. The van der Waals surface area contributed by atoms with Crippen LogP contribution in [0, 0.1) is 5.92 Å². The zero-order valence-corrected chi connectivity index (χ0v) is 13.5. The minimum absolute atomic E-state index is 0.115. The molecule has 5 nitrogen and oxygen atoms in total. The van der Waals surface area contributed by atoms with E-state index in [1.165, 1.54) is 0 Å². The van der Waals surface area contributed by atoms with Crippen LogP contribution in [0.5, 0.6) is 0 Å². The summed E-state index contributed by atoms with van der Waals surface area (Å²) in [5, 5.41) is 11.7. The summed E-state index contributed by atoms with van der Waals surface area (Å²) in [4.78, 5) is 24.8. The lowest BCUT2D eigenvalue weighted by molar-refractivity contribution is -0.125. The van der Waals surface area contributed by atoms with Gasteiger partial charge in [-0.15, -0.1) is 0 Å². The lowest BCUT2D eigenvalue weighted by Gasteiger charge is -2.31. The zero-order valence-electron chi connectivity index (χ0n) is 11.9. The van der Waals surface area contributed by atoms with Crippen molar-refractivity contribution < 1.29 is 14.7 Å². The quantitative estimate of drug-likeness (QED) is 0.868.